The van der Waals surface area contributed by atoms with Crippen molar-refractivity contribution in [3.05, 3.63) is 65.2 Å². The molecule has 4 heteroatoms. The number of carbonyl (C=O) groups excluding carboxylic acids is 1. The van der Waals surface area contributed by atoms with E-state index >= 15 is 0 Å². The third kappa shape index (κ3) is 6.10. The molecule has 1 saturated heterocycles. The zero-order chi connectivity index (χ0) is 19.9. The number of ether oxygens (including phenoxy) is 1. The Labute approximate surface area is 168 Å². The lowest BCUT2D eigenvalue weighted by Crippen LogP contribution is -2.36. The van der Waals surface area contributed by atoms with Crippen LogP contribution in [0.3, 0.4) is 0 Å². The van der Waals surface area contributed by atoms with Crippen molar-refractivity contribution in [1.82, 2.24) is 10.2 Å². The average Bonchev–Trinajstić information content (AvgIpc) is 2.70. The second-order valence-electron chi connectivity index (χ2n) is 8.15. The molecule has 1 amide bonds. The lowest BCUT2D eigenvalue weighted by molar-refractivity contribution is 0.0926. The maximum absolute atomic E-state index is 12.5. The first-order valence-electron chi connectivity index (χ1n) is 10.3. The Hall–Kier alpha value is -2.33. The smallest absolute Gasteiger partial charge is 0.251 e. The SMILES string of the molecule is Cc1ccc(OCC(C)NC(=O)c2ccc(CN3CCC(C)CC3)cc2)cc1. The Bertz CT molecular complexity index is 747. The normalized spacial score (nSPS) is 16.5. The van der Waals surface area contributed by atoms with Crippen LogP contribution in [0, 0.1) is 12.8 Å². The molecule has 0 saturated carbocycles. The topological polar surface area (TPSA) is 41.6 Å². The van der Waals surface area contributed by atoms with Gasteiger partial charge in [-0.15, -0.1) is 0 Å². The van der Waals surface area contributed by atoms with E-state index in [-0.39, 0.29) is 11.9 Å². The number of nitrogens with one attached hydrogen (secondary N) is 1. The van der Waals surface area contributed by atoms with E-state index in [4.69, 9.17) is 4.74 Å². The van der Waals surface area contributed by atoms with Crippen molar-refractivity contribution in [2.75, 3.05) is 19.7 Å². The zero-order valence-corrected chi connectivity index (χ0v) is 17.3. The van der Waals surface area contributed by atoms with Gasteiger partial charge in [-0.3, -0.25) is 9.69 Å². The molecule has 0 spiro atoms. The first-order valence-corrected chi connectivity index (χ1v) is 10.3. The minimum atomic E-state index is -0.0659. The average molecular weight is 381 g/mol. The molecule has 0 radical (unpaired) electrons. The van der Waals surface area contributed by atoms with Gasteiger partial charge in [-0.1, -0.05) is 36.8 Å². The highest BCUT2D eigenvalue weighted by Crippen LogP contribution is 2.18. The maximum Gasteiger partial charge on any atom is 0.251 e. The summed E-state index contributed by atoms with van der Waals surface area (Å²) in [5.41, 5.74) is 3.16. The van der Waals surface area contributed by atoms with Crippen LogP contribution in [0.4, 0.5) is 0 Å². The molecule has 1 aliphatic rings. The number of benzene rings is 2. The van der Waals surface area contributed by atoms with Gasteiger partial charge in [0.2, 0.25) is 0 Å². The summed E-state index contributed by atoms with van der Waals surface area (Å²) in [5.74, 6) is 1.61. The van der Waals surface area contributed by atoms with Crippen LogP contribution in [0.2, 0.25) is 0 Å². The Morgan fingerprint density at radius 3 is 2.39 bits per heavy atom. The lowest BCUT2D eigenvalue weighted by Gasteiger charge is -2.30. The van der Waals surface area contributed by atoms with Crippen molar-refractivity contribution in [3.63, 3.8) is 0 Å². The summed E-state index contributed by atoms with van der Waals surface area (Å²) in [7, 11) is 0. The van der Waals surface area contributed by atoms with Crippen molar-refractivity contribution >= 4 is 5.91 Å². The molecule has 1 unspecified atom stereocenters. The van der Waals surface area contributed by atoms with Crippen LogP contribution in [0.25, 0.3) is 0 Å². The fraction of sp³-hybridized carbons (Fsp3) is 0.458. The van der Waals surface area contributed by atoms with Gasteiger partial charge in [-0.2, -0.15) is 0 Å². The number of likely N-dealkylation sites (tertiary alicyclic amines) is 1. The number of piperidine rings is 1. The molecule has 1 atom stereocenters. The molecule has 150 valence electrons. The molecule has 1 fully saturated rings. The first kappa shape index (κ1) is 20.4. The van der Waals surface area contributed by atoms with Crippen molar-refractivity contribution < 1.29 is 9.53 Å². The summed E-state index contributed by atoms with van der Waals surface area (Å²) >= 11 is 0. The van der Waals surface area contributed by atoms with Crippen LogP contribution in [0.15, 0.2) is 48.5 Å². The number of hydrogen-bond donors (Lipinski definition) is 1. The maximum atomic E-state index is 12.5. The summed E-state index contributed by atoms with van der Waals surface area (Å²) in [4.78, 5) is 15.0. The number of rotatable bonds is 7. The zero-order valence-electron chi connectivity index (χ0n) is 17.3. The van der Waals surface area contributed by atoms with Gasteiger partial charge in [-0.05, 0) is 75.5 Å². The molecule has 1 N–H and O–H groups in total. The van der Waals surface area contributed by atoms with E-state index in [9.17, 15) is 4.79 Å². The number of nitrogens with zero attached hydrogens (tertiary/aromatic N) is 1. The Morgan fingerprint density at radius 2 is 1.75 bits per heavy atom. The Morgan fingerprint density at radius 1 is 1.11 bits per heavy atom. The molecular formula is C24H32N2O2. The third-order valence-electron chi connectivity index (χ3n) is 5.40. The number of carbonyl (C=O) groups is 1. The quantitative estimate of drug-likeness (QED) is 0.773. The highest BCUT2D eigenvalue weighted by Gasteiger charge is 2.16. The molecule has 1 heterocycles. The van der Waals surface area contributed by atoms with Crippen molar-refractivity contribution in [1.29, 1.82) is 0 Å². The lowest BCUT2D eigenvalue weighted by atomic mass is 9.99. The monoisotopic (exact) mass is 380 g/mol. The first-order chi connectivity index (χ1) is 13.5. The molecule has 0 aromatic heterocycles. The van der Waals surface area contributed by atoms with Gasteiger partial charge in [0.15, 0.2) is 0 Å². The van der Waals surface area contributed by atoms with Crippen LogP contribution in [-0.2, 0) is 6.54 Å². The fourth-order valence-corrected chi connectivity index (χ4v) is 3.44. The predicted molar refractivity (Wildman–Crippen MR) is 114 cm³/mol. The van der Waals surface area contributed by atoms with E-state index in [0.717, 1.165) is 18.2 Å². The standard InChI is InChI=1S/C24H32N2O2/c1-18-4-10-23(11-5-18)28-17-20(3)25-24(27)22-8-6-21(7-9-22)16-26-14-12-19(2)13-15-26/h4-11,19-20H,12-17H2,1-3H3,(H,25,27). The Kier molecular flexibility index (Phi) is 7.10. The van der Waals surface area contributed by atoms with Gasteiger partial charge in [0, 0.05) is 12.1 Å². The molecule has 28 heavy (non-hydrogen) atoms. The number of amides is 1. The van der Waals surface area contributed by atoms with Crippen LogP contribution in [0.5, 0.6) is 5.75 Å². The molecular weight excluding hydrogens is 348 g/mol. The van der Waals surface area contributed by atoms with Crippen molar-refractivity contribution in [3.8, 4) is 5.75 Å². The number of aryl methyl sites for hydroxylation is 1. The number of hydrogen-bond acceptors (Lipinski definition) is 3. The highest BCUT2D eigenvalue weighted by atomic mass is 16.5. The summed E-state index contributed by atoms with van der Waals surface area (Å²) < 4.78 is 5.75. The largest absolute Gasteiger partial charge is 0.491 e. The third-order valence-corrected chi connectivity index (χ3v) is 5.40. The van der Waals surface area contributed by atoms with E-state index < -0.39 is 0 Å². The molecule has 0 bridgehead atoms. The van der Waals surface area contributed by atoms with Crippen molar-refractivity contribution in [2.24, 2.45) is 5.92 Å². The molecule has 0 aliphatic carbocycles. The van der Waals surface area contributed by atoms with E-state index in [1.165, 1.54) is 37.1 Å². The van der Waals surface area contributed by atoms with E-state index in [1.807, 2.05) is 50.2 Å². The van der Waals surface area contributed by atoms with Crippen molar-refractivity contribution in [2.45, 2.75) is 46.2 Å². The second kappa shape index (κ2) is 9.74. The minimum absolute atomic E-state index is 0.0571. The summed E-state index contributed by atoms with van der Waals surface area (Å²) in [6.07, 6.45) is 2.56. The molecule has 4 nitrogen and oxygen atoms in total. The van der Waals surface area contributed by atoms with Crippen LogP contribution in [0.1, 0.15) is 48.2 Å². The highest BCUT2D eigenvalue weighted by molar-refractivity contribution is 5.94. The summed E-state index contributed by atoms with van der Waals surface area (Å²) in [6, 6.07) is 15.9. The predicted octanol–water partition coefficient (Wildman–Crippen LogP) is 4.42. The summed E-state index contributed by atoms with van der Waals surface area (Å²) in [5, 5.41) is 3.01. The van der Waals surface area contributed by atoms with Crippen LogP contribution < -0.4 is 10.1 Å². The van der Waals surface area contributed by atoms with E-state index in [1.54, 1.807) is 0 Å². The second-order valence-corrected chi connectivity index (χ2v) is 8.15. The molecule has 2 aromatic rings. The summed E-state index contributed by atoms with van der Waals surface area (Å²) in [6.45, 7) is 10.1. The molecule has 1 aliphatic heterocycles. The van der Waals surface area contributed by atoms with Gasteiger partial charge in [0.05, 0.1) is 6.04 Å². The Balaban J connectivity index is 1.45. The van der Waals surface area contributed by atoms with Gasteiger partial charge >= 0.3 is 0 Å². The van der Waals surface area contributed by atoms with Gasteiger partial charge in [0.1, 0.15) is 12.4 Å². The van der Waals surface area contributed by atoms with E-state index in [0.29, 0.717) is 12.2 Å². The molecule has 3 rings (SSSR count). The van der Waals surface area contributed by atoms with Gasteiger partial charge in [-0.25, -0.2) is 0 Å². The van der Waals surface area contributed by atoms with Gasteiger partial charge < -0.3 is 10.1 Å². The minimum Gasteiger partial charge on any atom is -0.491 e. The van der Waals surface area contributed by atoms with Gasteiger partial charge in [0.25, 0.3) is 5.91 Å². The van der Waals surface area contributed by atoms with Crippen LogP contribution in [-0.4, -0.2) is 36.5 Å². The fourth-order valence-electron chi connectivity index (χ4n) is 3.44. The molecule has 2 aromatic carbocycles. The van der Waals surface area contributed by atoms with Crippen LogP contribution >= 0.6 is 0 Å². The van der Waals surface area contributed by atoms with E-state index in [2.05, 4.69) is 29.3 Å².